The molecule has 0 aliphatic rings. The summed E-state index contributed by atoms with van der Waals surface area (Å²) in [6.07, 6.45) is 0. The van der Waals surface area contributed by atoms with Crippen molar-refractivity contribution in [2.75, 3.05) is 0 Å². The summed E-state index contributed by atoms with van der Waals surface area (Å²) in [6.45, 7) is 0. The predicted octanol–water partition coefficient (Wildman–Crippen LogP) is 4.05. The number of halogens is 2. The Hall–Kier alpha value is -2.54. The number of oxazole rings is 1. The van der Waals surface area contributed by atoms with E-state index in [1.807, 2.05) is 0 Å². The molecule has 1 N–H and O–H groups in total. The molecule has 0 saturated carbocycles. The van der Waals surface area contributed by atoms with Gasteiger partial charge in [-0.2, -0.15) is 0 Å². The van der Waals surface area contributed by atoms with E-state index in [0.29, 0.717) is 4.88 Å². The number of carboxylic acid groups (broad SMARTS) is 1. The molecule has 0 bridgehead atoms. The minimum atomic E-state index is -1.37. The van der Waals surface area contributed by atoms with Gasteiger partial charge in [-0.15, -0.1) is 11.3 Å². The maximum absolute atomic E-state index is 13.8. The van der Waals surface area contributed by atoms with Crippen molar-refractivity contribution in [2.24, 2.45) is 0 Å². The fourth-order valence-electron chi connectivity index (χ4n) is 1.83. The summed E-state index contributed by atoms with van der Waals surface area (Å²) < 4.78 is 32.5. The molecule has 0 radical (unpaired) electrons. The highest BCUT2D eigenvalue weighted by atomic mass is 32.1. The second kappa shape index (κ2) is 5.10. The molecule has 21 heavy (non-hydrogen) atoms. The van der Waals surface area contributed by atoms with Gasteiger partial charge in [0.1, 0.15) is 0 Å². The summed E-state index contributed by atoms with van der Waals surface area (Å²) >= 11 is 1.30. The maximum Gasteiger partial charge on any atom is 0.358 e. The van der Waals surface area contributed by atoms with E-state index in [1.165, 1.54) is 23.5 Å². The Labute approximate surface area is 121 Å². The molecule has 3 aromatic rings. The normalized spacial score (nSPS) is 10.8. The molecule has 7 heteroatoms. The highest BCUT2D eigenvalue weighted by molar-refractivity contribution is 7.13. The van der Waals surface area contributed by atoms with Gasteiger partial charge in [0.15, 0.2) is 23.1 Å². The van der Waals surface area contributed by atoms with Crippen LogP contribution < -0.4 is 0 Å². The summed E-state index contributed by atoms with van der Waals surface area (Å²) in [5, 5.41) is 10.9. The molecular weight excluding hydrogens is 300 g/mol. The van der Waals surface area contributed by atoms with Crippen LogP contribution in [0.2, 0.25) is 0 Å². The quantitative estimate of drug-likeness (QED) is 0.793. The number of carbonyl (C=O) groups is 1. The van der Waals surface area contributed by atoms with E-state index in [-0.39, 0.29) is 17.2 Å². The van der Waals surface area contributed by atoms with Crippen molar-refractivity contribution in [1.29, 1.82) is 0 Å². The lowest BCUT2D eigenvalue weighted by Gasteiger charge is -2.00. The van der Waals surface area contributed by atoms with Gasteiger partial charge in [0.2, 0.25) is 5.89 Å². The molecule has 106 valence electrons. The average Bonchev–Trinajstić information content (AvgIpc) is 3.09. The molecule has 0 aliphatic heterocycles. The molecule has 0 unspecified atom stereocenters. The SMILES string of the molecule is O=C(O)c1nc(-c2cccs2)oc1-c1cccc(F)c1F. The van der Waals surface area contributed by atoms with Crippen LogP contribution in [-0.2, 0) is 0 Å². The lowest BCUT2D eigenvalue weighted by molar-refractivity contribution is 0.0691. The molecule has 0 amide bonds. The molecule has 1 aromatic carbocycles. The van der Waals surface area contributed by atoms with Crippen LogP contribution >= 0.6 is 11.3 Å². The third-order valence-corrected chi connectivity index (χ3v) is 3.62. The molecule has 2 aromatic heterocycles. The summed E-state index contributed by atoms with van der Waals surface area (Å²) in [5.74, 6) is -3.88. The monoisotopic (exact) mass is 307 g/mol. The fraction of sp³-hybridized carbons (Fsp3) is 0. The van der Waals surface area contributed by atoms with Gasteiger partial charge in [-0.3, -0.25) is 0 Å². The van der Waals surface area contributed by atoms with Crippen molar-refractivity contribution in [1.82, 2.24) is 4.98 Å². The molecule has 0 spiro atoms. The Morgan fingerprint density at radius 2 is 2.05 bits per heavy atom. The number of aromatic carboxylic acids is 1. The Bertz CT molecular complexity index is 812. The van der Waals surface area contributed by atoms with Crippen LogP contribution in [0.4, 0.5) is 8.78 Å². The second-order valence-electron chi connectivity index (χ2n) is 4.08. The van der Waals surface area contributed by atoms with E-state index in [4.69, 9.17) is 9.52 Å². The Kier molecular flexibility index (Phi) is 3.26. The number of hydrogen-bond donors (Lipinski definition) is 1. The minimum absolute atomic E-state index is 0.0565. The zero-order valence-electron chi connectivity index (χ0n) is 10.3. The van der Waals surface area contributed by atoms with Gasteiger partial charge in [0, 0.05) is 0 Å². The summed E-state index contributed by atoms with van der Waals surface area (Å²) in [5.41, 5.74) is -0.731. The first-order valence-corrected chi connectivity index (χ1v) is 6.68. The number of benzene rings is 1. The third kappa shape index (κ3) is 2.31. The summed E-state index contributed by atoms with van der Waals surface area (Å²) in [4.78, 5) is 15.7. The first kappa shape index (κ1) is 13.4. The first-order chi connectivity index (χ1) is 10.1. The fourth-order valence-corrected chi connectivity index (χ4v) is 2.48. The second-order valence-corrected chi connectivity index (χ2v) is 5.03. The van der Waals surface area contributed by atoms with Crippen molar-refractivity contribution in [3.8, 4) is 22.1 Å². The standard InChI is InChI=1S/C14H7F2NO3S/c15-8-4-1-3-7(10(8)16)12-11(14(18)19)17-13(20-12)9-5-2-6-21-9/h1-6H,(H,18,19). The van der Waals surface area contributed by atoms with Gasteiger partial charge >= 0.3 is 5.97 Å². The van der Waals surface area contributed by atoms with Crippen LogP contribution in [0.1, 0.15) is 10.5 Å². The molecule has 0 atom stereocenters. The molecule has 4 nitrogen and oxygen atoms in total. The van der Waals surface area contributed by atoms with Crippen molar-refractivity contribution in [2.45, 2.75) is 0 Å². The van der Waals surface area contributed by atoms with E-state index < -0.39 is 23.3 Å². The zero-order valence-corrected chi connectivity index (χ0v) is 11.2. The summed E-state index contributed by atoms with van der Waals surface area (Å²) in [7, 11) is 0. The minimum Gasteiger partial charge on any atom is -0.476 e. The number of rotatable bonds is 3. The predicted molar refractivity (Wildman–Crippen MR) is 72.1 cm³/mol. The van der Waals surface area contributed by atoms with Crippen LogP contribution in [0, 0.1) is 11.6 Å². The van der Waals surface area contributed by atoms with E-state index in [9.17, 15) is 13.6 Å². The van der Waals surface area contributed by atoms with Gasteiger partial charge < -0.3 is 9.52 Å². The topological polar surface area (TPSA) is 63.3 Å². The smallest absolute Gasteiger partial charge is 0.358 e. The lowest BCUT2D eigenvalue weighted by atomic mass is 10.1. The van der Waals surface area contributed by atoms with Crippen LogP contribution in [0.5, 0.6) is 0 Å². The van der Waals surface area contributed by atoms with Crippen molar-refractivity contribution < 1.29 is 23.1 Å². The molecule has 0 saturated heterocycles. The van der Waals surface area contributed by atoms with Crippen LogP contribution in [0.3, 0.4) is 0 Å². The molecular formula is C14H7F2NO3S. The van der Waals surface area contributed by atoms with E-state index in [0.717, 1.165) is 6.07 Å². The number of carboxylic acids is 1. The van der Waals surface area contributed by atoms with Crippen molar-refractivity contribution in [3.63, 3.8) is 0 Å². The van der Waals surface area contributed by atoms with Crippen molar-refractivity contribution >= 4 is 17.3 Å². The van der Waals surface area contributed by atoms with Gasteiger partial charge in [-0.05, 0) is 23.6 Å². The first-order valence-electron chi connectivity index (χ1n) is 5.80. The Balaban J connectivity index is 2.22. The summed E-state index contributed by atoms with van der Waals surface area (Å²) in [6, 6.07) is 6.88. The Morgan fingerprint density at radius 3 is 2.71 bits per heavy atom. The highest BCUT2D eigenvalue weighted by Gasteiger charge is 2.25. The zero-order chi connectivity index (χ0) is 15.0. The van der Waals surface area contributed by atoms with Gasteiger partial charge in [-0.25, -0.2) is 18.6 Å². The maximum atomic E-state index is 13.8. The van der Waals surface area contributed by atoms with Crippen LogP contribution in [-0.4, -0.2) is 16.1 Å². The molecule has 0 aliphatic carbocycles. The van der Waals surface area contributed by atoms with Crippen LogP contribution in [0.15, 0.2) is 40.1 Å². The van der Waals surface area contributed by atoms with Gasteiger partial charge in [0.25, 0.3) is 0 Å². The van der Waals surface area contributed by atoms with E-state index in [1.54, 1.807) is 17.5 Å². The van der Waals surface area contributed by atoms with E-state index in [2.05, 4.69) is 4.98 Å². The number of aromatic nitrogens is 1. The number of nitrogens with zero attached hydrogens (tertiary/aromatic N) is 1. The Morgan fingerprint density at radius 1 is 1.24 bits per heavy atom. The highest BCUT2D eigenvalue weighted by Crippen LogP contribution is 2.33. The number of hydrogen-bond acceptors (Lipinski definition) is 4. The third-order valence-electron chi connectivity index (χ3n) is 2.76. The molecule has 2 heterocycles. The molecule has 0 fully saturated rings. The molecule has 3 rings (SSSR count). The van der Waals surface area contributed by atoms with Crippen LogP contribution in [0.25, 0.3) is 22.1 Å². The van der Waals surface area contributed by atoms with E-state index >= 15 is 0 Å². The largest absolute Gasteiger partial charge is 0.476 e. The van der Waals surface area contributed by atoms with Gasteiger partial charge in [-0.1, -0.05) is 12.1 Å². The lowest BCUT2D eigenvalue weighted by Crippen LogP contribution is -2.00. The number of thiophene rings is 1. The average molecular weight is 307 g/mol. The van der Waals surface area contributed by atoms with Crippen molar-refractivity contribution in [3.05, 3.63) is 53.0 Å². The van der Waals surface area contributed by atoms with Gasteiger partial charge in [0.05, 0.1) is 10.4 Å².